The van der Waals surface area contributed by atoms with Gasteiger partial charge in [0.1, 0.15) is 0 Å². The van der Waals surface area contributed by atoms with Crippen molar-refractivity contribution in [1.82, 2.24) is 4.57 Å². The predicted octanol–water partition coefficient (Wildman–Crippen LogP) is 3.86. The minimum atomic E-state index is -0.00310. The Labute approximate surface area is 93.7 Å². The molecule has 0 saturated carbocycles. The van der Waals surface area contributed by atoms with Crippen LogP contribution in [0.3, 0.4) is 0 Å². The van der Waals surface area contributed by atoms with Gasteiger partial charge in [0.25, 0.3) is 0 Å². The van der Waals surface area contributed by atoms with Gasteiger partial charge in [-0.25, -0.2) is 0 Å². The molecule has 0 aliphatic heterocycles. The number of hydrogen-bond donors (Lipinski definition) is 0. The van der Waals surface area contributed by atoms with E-state index in [0.717, 1.165) is 6.54 Å². The zero-order valence-corrected chi connectivity index (χ0v) is 9.80. The molecule has 0 N–H and O–H groups in total. The van der Waals surface area contributed by atoms with Crippen LogP contribution in [0.5, 0.6) is 0 Å². The van der Waals surface area contributed by atoms with E-state index in [4.69, 9.17) is 0 Å². The molecule has 2 nitrogen and oxygen atoms in total. The van der Waals surface area contributed by atoms with E-state index in [1.807, 2.05) is 18.3 Å². The maximum absolute atomic E-state index is 10.2. The molecule has 2 rings (SSSR count). The normalized spacial score (nSPS) is 9.87. The molecule has 0 aliphatic rings. The summed E-state index contributed by atoms with van der Waals surface area (Å²) in [4.78, 5) is 1.26. The molecule has 2 aromatic rings. The van der Waals surface area contributed by atoms with Gasteiger partial charge in [-0.05, 0) is 0 Å². The average molecular weight is 235 g/mol. The molecule has 2 aromatic heterocycles. The molecule has 0 radical (unpaired) electrons. The summed E-state index contributed by atoms with van der Waals surface area (Å²) in [6.45, 7) is 0.829. The molecule has 0 aliphatic carbocycles. The van der Waals surface area contributed by atoms with Crippen LogP contribution in [0.4, 0.5) is 0 Å². The Morgan fingerprint density at radius 3 is 3.07 bits per heavy atom. The maximum atomic E-state index is 10.2. The van der Waals surface area contributed by atoms with Gasteiger partial charge >= 0.3 is 93.4 Å². The van der Waals surface area contributed by atoms with Crippen LogP contribution in [0.15, 0.2) is 35.8 Å². The number of rotatable bonds is 3. The summed E-state index contributed by atoms with van der Waals surface area (Å²) in [5, 5.41) is 2.07. The van der Waals surface area contributed by atoms with Crippen LogP contribution in [0, 0.1) is 5.63 Å². The van der Waals surface area contributed by atoms with E-state index >= 15 is 0 Å². The molecule has 0 atom stereocenters. The van der Waals surface area contributed by atoms with E-state index < -0.39 is 0 Å². The monoisotopic (exact) mass is 235 g/mol. The first-order valence-electron chi connectivity index (χ1n) is 4.66. The third-order valence-corrected chi connectivity index (χ3v) is 3.38. The number of thiophene rings is 1. The third-order valence-electron chi connectivity index (χ3n) is 2.13. The van der Waals surface area contributed by atoms with E-state index in [9.17, 15) is 4.57 Å². The fourth-order valence-electron chi connectivity index (χ4n) is 1.47. The van der Waals surface area contributed by atoms with Gasteiger partial charge in [0.2, 0.25) is 0 Å². The van der Waals surface area contributed by atoms with Gasteiger partial charge in [-0.15, -0.1) is 0 Å². The van der Waals surface area contributed by atoms with E-state index in [-0.39, 0.29) is 7.92 Å². The van der Waals surface area contributed by atoms with E-state index in [1.54, 1.807) is 11.3 Å². The fourth-order valence-corrected chi connectivity index (χ4v) is 2.43. The Kier molecular flexibility index (Phi) is 3.63. The number of hydrogen-bond acceptors (Lipinski definition) is 2. The molecule has 76 valence electrons. The second-order valence-electron chi connectivity index (χ2n) is 3.06. The van der Waals surface area contributed by atoms with E-state index in [2.05, 4.69) is 27.7 Å². The van der Waals surface area contributed by atoms with Crippen LogP contribution >= 0.6 is 19.3 Å². The van der Waals surface area contributed by atoms with Crippen molar-refractivity contribution in [3.05, 3.63) is 35.8 Å². The Hall–Kier alpha value is -1.01. The van der Waals surface area contributed by atoms with Gasteiger partial charge in [-0.2, -0.15) is 0 Å². The predicted molar refractivity (Wildman–Crippen MR) is 63.9 cm³/mol. The molecule has 0 amide bonds. The first-order valence-corrected chi connectivity index (χ1v) is 6.35. The SMILES string of the molecule is O=P#CCCn1cccc1-c1cccs1. The molecular weight excluding hydrogens is 225 g/mol. The summed E-state index contributed by atoms with van der Waals surface area (Å²) in [7, 11) is -0.00310. The van der Waals surface area contributed by atoms with Crippen LogP contribution < -0.4 is 0 Å². The van der Waals surface area contributed by atoms with Crippen LogP contribution in [-0.2, 0) is 11.1 Å². The van der Waals surface area contributed by atoms with E-state index in [1.165, 1.54) is 10.6 Å². The number of nitrogens with zero attached hydrogens (tertiary/aromatic N) is 1. The molecule has 0 aromatic carbocycles. The van der Waals surface area contributed by atoms with E-state index in [0.29, 0.717) is 6.42 Å². The van der Waals surface area contributed by atoms with Crippen molar-refractivity contribution in [2.45, 2.75) is 13.0 Å². The molecule has 0 spiro atoms. The van der Waals surface area contributed by atoms with Crippen molar-refractivity contribution in [1.29, 1.82) is 0 Å². The molecule has 0 saturated heterocycles. The summed E-state index contributed by atoms with van der Waals surface area (Å²) in [5.41, 5.74) is 3.98. The molecule has 0 bridgehead atoms. The first-order chi connectivity index (χ1) is 7.42. The molecule has 0 unspecified atom stereocenters. The fraction of sp³-hybridized carbons (Fsp3) is 0.182. The quantitative estimate of drug-likeness (QED) is 0.740. The number of aromatic nitrogens is 1. The van der Waals surface area contributed by atoms with Crippen LogP contribution in [0.25, 0.3) is 10.6 Å². The Bertz CT molecular complexity index is 524. The zero-order valence-electron chi connectivity index (χ0n) is 8.09. The van der Waals surface area contributed by atoms with Gasteiger partial charge < -0.3 is 0 Å². The third kappa shape index (κ3) is 2.51. The van der Waals surface area contributed by atoms with Crippen LogP contribution in [0.1, 0.15) is 6.42 Å². The average Bonchev–Trinajstić information content (AvgIpc) is 2.87. The molecule has 2 heterocycles. The number of aryl methyl sites for hydroxylation is 1. The zero-order chi connectivity index (χ0) is 10.5. The van der Waals surface area contributed by atoms with Gasteiger partial charge in [-0.1, -0.05) is 0 Å². The van der Waals surface area contributed by atoms with Crippen molar-refractivity contribution in [3.8, 4) is 16.2 Å². The van der Waals surface area contributed by atoms with Gasteiger partial charge in [0, 0.05) is 0 Å². The van der Waals surface area contributed by atoms with Crippen molar-refractivity contribution >= 4 is 19.3 Å². The summed E-state index contributed by atoms with van der Waals surface area (Å²) >= 11 is 1.73. The topological polar surface area (TPSA) is 22.0 Å². The van der Waals surface area contributed by atoms with Crippen molar-refractivity contribution in [2.75, 3.05) is 0 Å². The van der Waals surface area contributed by atoms with Crippen LogP contribution in [-0.4, -0.2) is 4.57 Å². The van der Waals surface area contributed by atoms with Crippen molar-refractivity contribution in [2.24, 2.45) is 0 Å². The molecular formula is C11H10NOPS. The minimum absolute atomic E-state index is 0.00310. The Morgan fingerprint density at radius 2 is 2.33 bits per heavy atom. The summed E-state index contributed by atoms with van der Waals surface area (Å²) in [5.74, 6) is 0. The first kappa shape index (κ1) is 10.5. The van der Waals surface area contributed by atoms with Crippen LogP contribution in [0.2, 0.25) is 0 Å². The van der Waals surface area contributed by atoms with Crippen molar-refractivity contribution in [3.63, 3.8) is 0 Å². The van der Waals surface area contributed by atoms with Gasteiger partial charge in [-0.3, -0.25) is 0 Å². The molecule has 4 heteroatoms. The van der Waals surface area contributed by atoms with Crippen molar-refractivity contribution < 1.29 is 4.57 Å². The Morgan fingerprint density at radius 1 is 1.40 bits per heavy atom. The van der Waals surface area contributed by atoms with Gasteiger partial charge in [0.15, 0.2) is 0 Å². The second kappa shape index (κ2) is 5.18. The summed E-state index contributed by atoms with van der Waals surface area (Å²) in [6.07, 6.45) is 2.75. The Balaban J connectivity index is 2.21. The van der Waals surface area contributed by atoms with Gasteiger partial charge in [0.05, 0.1) is 0 Å². The standard InChI is InChI=1S/C11H10NOPS/c13-14-8-3-7-12-6-1-4-10(12)11-5-2-9-15-11/h1-2,4-6,9H,3,7H2. The molecule has 0 fully saturated rings. The summed E-state index contributed by atoms with van der Waals surface area (Å²) in [6, 6.07) is 8.28. The molecule has 15 heavy (non-hydrogen) atoms. The second-order valence-corrected chi connectivity index (χ2v) is 4.51. The summed E-state index contributed by atoms with van der Waals surface area (Å²) < 4.78 is 12.4.